The predicted octanol–water partition coefficient (Wildman–Crippen LogP) is 6.25. The van der Waals surface area contributed by atoms with Gasteiger partial charge in [-0.25, -0.2) is 14.6 Å². The van der Waals surface area contributed by atoms with E-state index in [0.29, 0.717) is 41.2 Å². The first-order chi connectivity index (χ1) is 29.7. The van der Waals surface area contributed by atoms with Gasteiger partial charge < -0.3 is 20.1 Å². The number of rotatable bonds is 14. The van der Waals surface area contributed by atoms with Crippen LogP contribution in [0.15, 0.2) is 67.5 Å². The fraction of sp³-hybridized carbons (Fsp3) is 0.442. The first kappa shape index (κ1) is 43.5. The minimum absolute atomic E-state index is 0.0650. The third-order valence-corrected chi connectivity index (χ3v) is 11.7. The molecule has 1 spiro atoms. The lowest BCUT2D eigenvalue weighted by Crippen LogP contribution is -2.56. The predicted molar refractivity (Wildman–Crippen MR) is 217 cm³/mol. The second-order valence-corrected chi connectivity index (χ2v) is 17.5. The van der Waals surface area contributed by atoms with E-state index in [0.717, 1.165) is 39.5 Å². The minimum Gasteiger partial charge on any atom is -0.384 e. The molecule has 332 valence electrons. The number of amides is 2. The largest absolute Gasteiger partial charge is 0.435 e. The molecule has 0 bridgehead atoms. The van der Waals surface area contributed by atoms with Crippen LogP contribution >= 0.6 is 0 Å². The number of fused-ring (bicyclic) bond motifs is 1. The summed E-state index contributed by atoms with van der Waals surface area (Å²) in [5.74, 6) is -0.557. The smallest absolute Gasteiger partial charge is 0.384 e. The summed E-state index contributed by atoms with van der Waals surface area (Å²) in [5.41, 5.74) is 0.0550. The molecule has 6 aromatic heterocycles. The second kappa shape index (κ2) is 15.9. The van der Waals surface area contributed by atoms with Crippen LogP contribution in [0.3, 0.4) is 0 Å². The molecule has 3 atom stereocenters. The molecule has 0 aromatic carbocycles. The number of carbonyl (C=O) groups is 2. The fourth-order valence-electron chi connectivity index (χ4n) is 8.54. The number of likely N-dealkylation sites (tertiary alicyclic amines) is 1. The third-order valence-electron chi connectivity index (χ3n) is 11.7. The Morgan fingerprint density at radius 3 is 2.48 bits per heavy atom. The van der Waals surface area contributed by atoms with E-state index in [9.17, 15) is 36.6 Å². The molecule has 0 unspecified atom stereocenters. The monoisotopic (exact) mass is 875 g/mol. The number of hydrogen-bond donors (Lipinski definition) is 2. The molecule has 1 saturated heterocycles. The summed E-state index contributed by atoms with van der Waals surface area (Å²) in [6.07, 6.45) is 5.13. The maximum atomic E-state index is 14.6. The molecule has 63 heavy (non-hydrogen) atoms. The number of pyridine rings is 2. The number of nitrogens with one attached hydrogen (secondary N) is 1. The third kappa shape index (κ3) is 8.65. The van der Waals surface area contributed by atoms with E-state index in [4.69, 9.17) is 9.72 Å². The van der Waals surface area contributed by atoms with Gasteiger partial charge in [-0.2, -0.15) is 32.1 Å². The zero-order chi connectivity index (χ0) is 45.2. The number of aromatic nitrogens is 9. The van der Waals surface area contributed by atoms with Crippen molar-refractivity contribution in [2.75, 3.05) is 13.7 Å². The van der Waals surface area contributed by atoms with E-state index in [-0.39, 0.29) is 48.3 Å². The molecule has 1 aliphatic carbocycles. The Balaban J connectivity index is 1.04. The van der Waals surface area contributed by atoms with E-state index in [1.165, 1.54) is 43.3 Å². The highest BCUT2D eigenvalue weighted by molar-refractivity contribution is 5.94. The van der Waals surface area contributed by atoms with Crippen molar-refractivity contribution in [3.63, 3.8) is 0 Å². The van der Waals surface area contributed by atoms with Crippen molar-refractivity contribution < 1.29 is 41.4 Å². The Kier molecular flexibility index (Phi) is 11.0. The van der Waals surface area contributed by atoms with E-state index >= 15 is 0 Å². The van der Waals surface area contributed by atoms with Gasteiger partial charge in [-0.05, 0) is 82.9 Å². The average molecular weight is 876 g/mol. The van der Waals surface area contributed by atoms with Crippen LogP contribution in [0.25, 0.3) is 28.3 Å². The summed E-state index contributed by atoms with van der Waals surface area (Å²) in [4.78, 5) is 48.5. The van der Waals surface area contributed by atoms with Gasteiger partial charge in [-0.3, -0.25) is 28.6 Å². The number of imidazole rings is 1. The van der Waals surface area contributed by atoms with Gasteiger partial charge in [0, 0.05) is 73.8 Å². The van der Waals surface area contributed by atoms with Gasteiger partial charge in [0.25, 0.3) is 0 Å². The summed E-state index contributed by atoms with van der Waals surface area (Å²) >= 11 is 0. The number of carbonyl (C=O) groups excluding carboxylic acids is 2. The Labute approximate surface area is 358 Å². The van der Waals surface area contributed by atoms with Crippen LogP contribution in [-0.2, 0) is 45.7 Å². The Hall–Kier alpha value is -6.15. The van der Waals surface area contributed by atoms with Crippen molar-refractivity contribution in [2.24, 2.45) is 5.41 Å². The molecule has 2 N–H and O–H groups in total. The number of methoxy groups -OCH3 is 1. The van der Waals surface area contributed by atoms with E-state index < -0.39 is 46.9 Å². The fourth-order valence-corrected chi connectivity index (χ4v) is 8.54. The topological polar surface area (TPSA) is 170 Å². The molecule has 2 amide bonds. The number of ether oxygens (including phenoxy) is 1. The zero-order valence-corrected chi connectivity index (χ0v) is 35.4. The van der Waals surface area contributed by atoms with E-state index in [1.54, 1.807) is 31.6 Å². The SMILES string of the molecule is COCc1cn2cc(-c3ccc([C@H]4C[C@@]45CCN([C@H](Cc4cnn(C(F)F)c4)C(=O)NC(C)(C)Cn4nc(C(F)(F)F)cc4-c4ccnc(C(C)(C)O)c4)C5=O)c(C)n3)cnc2n1. The molecular formula is C43H46F5N11O4. The molecule has 2 fully saturated rings. The molecule has 20 heteroatoms. The van der Waals surface area contributed by atoms with Crippen LogP contribution in [0.4, 0.5) is 22.0 Å². The molecule has 8 rings (SSSR count). The molecule has 1 saturated carbocycles. The minimum atomic E-state index is -4.79. The number of aliphatic hydroxyl groups is 1. The molecule has 7 heterocycles. The maximum absolute atomic E-state index is 14.6. The van der Waals surface area contributed by atoms with Crippen molar-refractivity contribution in [2.45, 2.75) is 103 Å². The average Bonchev–Trinajstić information content (AvgIpc) is 3.65. The molecule has 6 aromatic rings. The van der Waals surface area contributed by atoms with Gasteiger partial charge >= 0.3 is 12.7 Å². The standard InChI is InChI=1S/C43H46F5N11O4/c1-24-29(7-8-31(52-24)27-18-50-39-53-28(22-63-6)21-56(39)20-27)30-16-42(30)10-12-57(37(42)61)33(13-25-17-51-58(19-25)38(44)45)36(60)54-40(2,3)23-59-32(15-35(55-59)43(46,47)48)26-9-11-49-34(14-26)41(4,5)62/h7-9,11,14-15,17-21,30,33,38,62H,10,12-13,16,22-23H2,1-6H3,(H,54,60)/t30-,33-,42+/m1/s1. The zero-order valence-electron chi connectivity index (χ0n) is 35.4. The van der Waals surface area contributed by atoms with E-state index in [2.05, 4.69) is 30.5 Å². The van der Waals surface area contributed by atoms with Gasteiger partial charge in [0.15, 0.2) is 5.69 Å². The highest BCUT2D eigenvalue weighted by Gasteiger charge is 2.65. The lowest BCUT2D eigenvalue weighted by molar-refractivity contribution is -0.141. The molecule has 2 aliphatic rings. The van der Waals surface area contributed by atoms with Crippen LogP contribution in [0, 0.1) is 12.3 Å². The summed E-state index contributed by atoms with van der Waals surface area (Å²) in [5, 5.41) is 21.1. The highest BCUT2D eigenvalue weighted by atomic mass is 19.4. The number of aryl methyl sites for hydroxylation is 1. The van der Waals surface area contributed by atoms with Gasteiger partial charge in [0.1, 0.15) is 11.6 Å². The van der Waals surface area contributed by atoms with E-state index in [1.807, 2.05) is 31.5 Å². The van der Waals surface area contributed by atoms with Crippen molar-refractivity contribution in [3.8, 4) is 22.5 Å². The summed E-state index contributed by atoms with van der Waals surface area (Å²) in [6, 6.07) is 6.51. The molecule has 0 radical (unpaired) electrons. The first-order valence-electron chi connectivity index (χ1n) is 20.2. The number of halogens is 5. The van der Waals surface area contributed by atoms with Crippen LogP contribution in [0.2, 0.25) is 0 Å². The van der Waals surface area contributed by atoms with Gasteiger partial charge in [0.2, 0.25) is 17.6 Å². The number of hydrogen-bond acceptors (Lipinski definition) is 10. The number of alkyl halides is 5. The Morgan fingerprint density at radius 1 is 1.02 bits per heavy atom. The molecule has 15 nitrogen and oxygen atoms in total. The summed E-state index contributed by atoms with van der Waals surface area (Å²) in [7, 11) is 1.59. The van der Waals surface area contributed by atoms with Crippen molar-refractivity contribution in [3.05, 3.63) is 101 Å². The quantitative estimate of drug-likeness (QED) is 0.119. The van der Waals surface area contributed by atoms with Crippen molar-refractivity contribution >= 4 is 17.6 Å². The van der Waals surface area contributed by atoms with Crippen LogP contribution in [-0.4, -0.2) is 91.0 Å². The lowest BCUT2D eigenvalue weighted by Gasteiger charge is -2.33. The maximum Gasteiger partial charge on any atom is 0.435 e. The second-order valence-electron chi connectivity index (χ2n) is 17.5. The molecule has 1 aliphatic heterocycles. The van der Waals surface area contributed by atoms with Crippen molar-refractivity contribution in [1.82, 2.24) is 54.1 Å². The van der Waals surface area contributed by atoms with Crippen LogP contribution in [0.1, 0.15) is 86.9 Å². The summed E-state index contributed by atoms with van der Waals surface area (Å²) in [6.45, 7) is 5.46. The van der Waals surface area contributed by atoms with Crippen LogP contribution < -0.4 is 5.32 Å². The normalized spacial score (nSPS) is 18.6. The van der Waals surface area contributed by atoms with Gasteiger partial charge in [0.05, 0.1) is 53.1 Å². The highest BCUT2D eigenvalue weighted by Crippen LogP contribution is 2.65. The number of nitrogens with zero attached hydrogens (tertiary/aromatic N) is 10. The lowest BCUT2D eigenvalue weighted by atomic mass is 9.96. The van der Waals surface area contributed by atoms with Gasteiger partial charge in [-0.15, -0.1) is 0 Å². The van der Waals surface area contributed by atoms with Crippen molar-refractivity contribution in [1.29, 1.82) is 0 Å². The Bertz CT molecular complexity index is 2700. The van der Waals surface area contributed by atoms with Gasteiger partial charge in [-0.1, -0.05) is 6.07 Å². The molecular weight excluding hydrogens is 830 g/mol. The Morgan fingerprint density at radius 2 is 1.79 bits per heavy atom. The first-order valence-corrected chi connectivity index (χ1v) is 20.2. The summed E-state index contributed by atoms with van der Waals surface area (Å²) < 4.78 is 77.9. The van der Waals surface area contributed by atoms with Crippen LogP contribution in [0.5, 0.6) is 0 Å².